The molecule has 2 heteroatoms. The molecule has 0 saturated carbocycles. The van der Waals surface area contributed by atoms with Crippen LogP contribution in [-0.4, -0.2) is 6.54 Å². The Hall–Kier alpha value is -1.12. The predicted molar refractivity (Wildman–Crippen MR) is 84.9 cm³/mol. The van der Waals surface area contributed by atoms with Crippen LogP contribution < -0.4 is 5.32 Å². The lowest BCUT2D eigenvalue weighted by Crippen LogP contribution is -2.21. The molecule has 0 fully saturated rings. The molecule has 0 aliphatic heterocycles. The average Bonchev–Trinajstić information content (AvgIpc) is 2.93. The molecule has 1 unspecified atom stereocenters. The summed E-state index contributed by atoms with van der Waals surface area (Å²) in [6.07, 6.45) is 3.44. The van der Waals surface area contributed by atoms with E-state index >= 15 is 0 Å². The number of hydrogen-bond acceptors (Lipinski definition) is 2. The third kappa shape index (κ3) is 3.92. The van der Waals surface area contributed by atoms with Gasteiger partial charge < -0.3 is 5.32 Å². The molecule has 19 heavy (non-hydrogen) atoms. The summed E-state index contributed by atoms with van der Waals surface area (Å²) in [6.45, 7) is 5.46. The van der Waals surface area contributed by atoms with E-state index in [1.807, 2.05) is 11.3 Å². The molecule has 2 rings (SSSR count). The van der Waals surface area contributed by atoms with Crippen LogP contribution in [0.3, 0.4) is 0 Å². The Morgan fingerprint density at radius 1 is 1.11 bits per heavy atom. The largest absolute Gasteiger partial charge is 0.310 e. The quantitative estimate of drug-likeness (QED) is 0.777. The van der Waals surface area contributed by atoms with Crippen LogP contribution in [0.5, 0.6) is 0 Å². The first-order valence-electron chi connectivity index (χ1n) is 7.18. The molecule has 0 amide bonds. The summed E-state index contributed by atoms with van der Waals surface area (Å²) in [5, 5.41) is 5.86. The predicted octanol–water partition coefficient (Wildman–Crippen LogP) is 4.59. The fourth-order valence-electron chi connectivity index (χ4n) is 2.47. The minimum Gasteiger partial charge on any atom is -0.310 e. The molecule has 1 N–H and O–H groups in total. The van der Waals surface area contributed by atoms with Gasteiger partial charge >= 0.3 is 0 Å². The van der Waals surface area contributed by atoms with Gasteiger partial charge in [-0.3, -0.25) is 0 Å². The van der Waals surface area contributed by atoms with Gasteiger partial charge in [-0.25, -0.2) is 0 Å². The molecule has 1 heterocycles. The lowest BCUT2D eigenvalue weighted by atomic mass is 10.0. The first-order chi connectivity index (χ1) is 9.35. The van der Waals surface area contributed by atoms with Crippen molar-refractivity contribution in [2.45, 2.75) is 39.2 Å². The molecule has 2 aromatic rings. The summed E-state index contributed by atoms with van der Waals surface area (Å²) < 4.78 is 0. The van der Waals surface area contributed by atoms with E-state index in [9.17, 15) is 0 Å². The topological polar surface area (TPSA) is 12.0 Å². The highest BCUT2D eigenvalue weighted by Gasteiger charge is 2.15. The average molecular weight is 273 g/mol. The second-order valence-electron chi connectivity index (χ2n) is 4.80. The van der Waals surface area contributed by atoms with E-state index < -0.39 is 0 Å². The molecule has 0 bridgehead atoms. The van der Waals surface area contributed by atoms with Crippen molar-refractivity contribution >= 4 is 11.3 Å². The van der Waals surface area contributed by atoms with Gasteiger partial charge in [0.15, 0.2) is 0 Å². The van der Waals surface area contributed by atoms with E-state index in [0.717, 1.165) is 19.4 Å². The Bertz CT molecular complexity index is 475. The second-order valence-corrected chi connectivity index (χ2v) is 5.75. The zero-order valence-corrected chi connectivity index (χ0v) is 12.7. The second kappa shape index (κ2) is 7.46. The van der Waals surface area contributed by atoms with Crippen molar-refractivity contribution in [3.05, 3.63) is 57.8 Å². The van der Waals surface area contributed by atoms with Gasteiger partial charge in [-0.05, 0) is 48.4 Å². The van der Waals surface area contributed by atoms with Gasteiger partial charge in [-0.2, -0.15) is 0 Å². The van der Waals surface area contributed by atoms with E-state index in [-0.39, 0.29) is 0 Å². The zero-order chi connectivity index (χ0) is 13.5. The van der Waals surface area contributed by atoms with Crippen molar-refractivity contribution < 1.29 is 0 Å². The normalized spacial score (nSPS) is 12.5. The minimum atomic E-state index is 0.500. The van der Waals surface area contributed by atoms with Crippen molar-refractivity contribution in [3.8, 4) is 0 Å². The Morgan fingerprint density at radius 3 is 2.58 bits per heavy atom. The summed E-state index contributed by atoms with van der Waals surface area (Å²) in [7, 11) is 0. The Balaban J connectivity index is 2.04. The Labute approximate surface area is 120 Å². The van der Waals surface area contributed by atoms with Crippen LogP contribution in [0.2, 0.25) is 0 Å². The Morgan fingerprint density at radius 2 is 1.89 bits per heavy atom. The van der Waals surface area contributed by atoms with Gasteiger partial charge in [0.1, 0.15) is 0 Å². The van der Waals surface area contributed by atoms with Crippen LogP contribution in [-0.2, 0) is 12.8 Å². The maximum absolute atomic E-state index is 3.64. The van der Waals surface area contributed by atoms with Gasteiger partial charge in [0, 0.05) is 10.9 Å². The summed E-state index contributed by atoms with van der Waals surface area (Å²) in [5.41, 5.74) is 2.93. The minimum absolute atomic E-state index is 0.500. The lowest BCUT2D eigenvalue weighted by Gasteiger charge is -2.18. The van der Waals surface area contributed by atoms with Crippen LogP contribution >= 0.6 is 11.3 Å². The van der Waals surface area contributed by atoms with E-state index in [2.05, 4.69) is 60.9 Å². The molecule has 102 valence electrons. The fourth-order valence-corrected chi connectivity index (χ4v) is 3.58. The number of thiophene rings is 1. The molecule has 1 aromatic heterocycles. The summed E-state index contributed by atoms with van der Waals surface area (Å²) in [5.74, 6) is 0. The van der Waals surface area contributed by atoms with Crippen LogP contribution in [0, 0.1) is 0 Å². The van der Waals surface area contributed by atoms with E-state index in [0.29, 0.717) is 6.04 Å². The maximum Gasteiger partial charge on any atom is 0.0420 e. The van der Waals surface area contributed by atoms with E-state index in [1.165, 1.54) is 22.4 Å². The molecular formula is C17H23NS. The van der Waals surface area contributed by atoms with E-state index in [4.69, 9.17) is 0 Å². The summed E-state index contributed by atoms with van der Waals surface area (Å²) in [6, 6.07) is 13.5. The molecule has 1 nitrogen and oxygen atoms in total. The molecular weight excluding hydrogens is 250 g/mol. The van der Waals surface area contributed by atoms with Gasteiger partial charge in [0.2, 0.25) is 0 Å². The van der Waals surface area contributed by atoms with Gasteiger partial charge in [0.05, 0.1) is 0 Å². The standard InChI is InChI=1S/C17H23NS/c1-3-15-12-13-19-17(15)16(18-4-2)11-10-14-8-6-5-7-9-14/h5-9,12-13,16,18H,3-4,10-11H2,1-2H3. The van der Waals surface area contributed by atoms with Crippen molar-refractivity contribution in [1.82, 2.24) is 5.32 Å². The number of rotatable bonds is 7. The molecule has 0 radical (unpaired) electrons. The third-order valence-electron chi connectivity index (χ3n) is 3.49. The number of nitrogens with one attached hydrogen (secondary N) is 1. The van der Waals surface area contributed by atoms with Crippen molar-refractivity contribution in [2.24, 2.45) is 0 Å². The highest BCUT2D eigenvalue weighted by atomic mass is 32.1. The monoisotopic (exact) mass is 273 g/mol. The van der Waals surface area contributed by atoms with Crippen molar-refractivity contribution in [3.63, 3.8) is 0 Å². The molecule has 0 aliphatic carbocycles. The smallest absolute Gasteiger partial charge is 0.0420 e. The lowest BCUT2D eigenvalue weighted by molar-refractivity contribution is 0.520. The third-order valence-corrected chi connectivity index (χ3v) is 4.57. The van der Waals surface area contributed by atoms with Crippen molar-refractivity contribution in [2.75, 3.05) is 6.54 Å². The van der Waals surface area contributed by atoms with Crippen molar-refractivity contribution in [1.29, 1.82) is 0 Å². The summed E-state index contributed by atoms with van der Waals surface area (Å²) in [4.78, 5) is 1.53. The number of benzene rings is 1. The van der Waals surface area contributed by atoms with E-state index in [1.54, 1.807) is 0 Å². The highest BCUT2D eigenvalue weighted by Crippen LogP contribution is 2.28. The van der Waals surface area contributed by atoms with Crippen LogP contribution in [0.25, 0.3) is 0 Å². The molecule has 1 atom stereocenters. The van der Waals surface area contributed by atoms with Crippen LogP contribution in [0.1, 0.15) is 42.3 Å². The molecule has 0 spiro atoms. The SMILES string of the molecule is CCNC(CCc1ccccc1)c1sccc1CC. The number of hydrogen-bond donors (Lipinski definition) is 1. The molecule has 0 aliphatic rings. The molecule has 1 aromatic carbocycles. The first-order valence-corrected chi connectivity index (χ1v) is 8.06. The molecule has 0 saturated heterocycles. The fraction of sp³-hybridized carbons (Fsp3) is 0.412. The number of aryl methyl sites for hydroxylation is 2. The summed E-state index contributed by atoms with van der Waals surface area (Å²) >= 11 is 1.89. The van der Waals surface area contributed by atoms with Gasteiger partial charge in [-0.1, -0.05) is 44.2 Å². The van der Waals surface area contributed by atoms with Crippen LogP contribution in [0.15, 0.2) is 41.8 Å². The highest BCUT2D eigenvalue weighted by molar-refractivity contribution is 7.10. The van der Waals surface area contributed by atoms with Gasteiger partial charge in [-0.15, -0.1) is 11.3 Å². The maximum atomic E-state index is 3.64. The Kier molecular flexibility index (Phi) is 5.62. The van der Waals surface area contributed by atoms with Crippen LogP contribution in [0.4, 0.5) is 0 Å². The first kappa shape index (κ1) is 14.3. The zero-order valence-electron chi connectivity index (χ0n) is 11.9. The van der Waals surface area contributed by atoms with Gasteiger partial charge in [0.25, 0.3) is 0 Å².